The maximum Gasteiger partial charge on any atom is 0.305 e. The van der Waals surface area contributed by atoms with Crippen molar-refractivity contribution in [1.82, 2.24) is 0 Å². The van der Waals surface area contributed by atoms with Gasteiger partial charge >= 0.3 is 5.97 Å². The van der Waals surface area contributed by atoms with Crippen LogP contribution in [0, 0.1) is 0 Å². The van der Waals surface area contributed by atoms with Gasteiger partial charge in [0.2, 0.25) is 0 Å². The van der Waals surface area contributed by atoms with Crippen LogP contribution in [0.1, 0.15) is 25.7 Å². The summed E-state index contributed by atoms with van der Waals surface area (Å²) in [7, 11) is 1.42. The number of carbonyl (C=O) groups excluding carboxylic acids is 1. The van der Waals surface area contributed by atoms with Crippen molar-refractivity contribution in [2.45, 2.75) is 25.7 Å². The molecule has 0 aromatic rings. The van der Waals surface area contributed by atoms with E-state index in [-0.39, 0.29) is 5.97 Å². The number of methoxy groups -OCH3 is 1. The predicted molar refractivity (Wildman–Crippen MR) is 58.5 cm³/mol. The molecule has 70 valence electrons. The summed E-state index contributed by atoms with van der Waals surface area (Å²) in [5, 5.41) is 0. The molecule has 0 heterocycles. The number of esters is 1. The van der Waals surface area contributed by atoms with Gasteiger partial charge in [0, 0.05) is 10.8 Å². The van der Waals surface area contributed by atoms with Gasteiger partial charge in [-0.2, -0.15) is 0 Å². The first-order valence-corrected chi connectivity index (χ1v) is 5.61. The topological polar surface area (TPSA) is 26.3 Å². The minimum absolute atomic E-state index is 0.114. The molecule has 0 N–H and O–H groups in total. The Kier molecular flexibility index (Phi) is 8.99. The summed E-state index contributed by atoms with van der Waals surface area (Å²) in [6.07, 6.45) is 7.81. The fraction of sp³-hybridized carbons (Fsp3) is 0.667. The molecule has 0 atom stereocenters. The number of hydrogen-bond acceptors (Lipinski definition) is 2. The first-order chi connectivity index (χ1) is 5.81. The van der Waals surface area contributed by atoms with Crippen LogP contribution in [-0.4, -0.2) is 17.5 Å². The fourth-order valence-corrected chi connectivity index (χ4v) is 1.12. The molecule has 0 aromatic heterocycles. The Morgan fingerprint density at radius 2 is 2.08 bits per heavy atom. The molecular formula is C9H15IO2. The van der Waals surface area contributed by atoms with Crippen LogP contribution in [0.25, 0.3) is 0 Å². The zero-order valence-corrected chi connectivity index (χ0v) is 9.54. The predicted octanol–water partition coefficient (Wildman–Crippen LogP) is 2.71. The quantitative estimate of drug-likeness (QED) is 0.246. The molecule has 0 unspecified atom stereocenters. The van der Waals surface area contributed by atoms with E-state index in [1.165, 1.54) is 7.11 Å². The molecule has 0 saturated heterocycles. The lowest BCUT2D eigenvalue weighted by Crippen LogP contribution is -1.98. The van der Waals surface area contributed by atoms with Crippen LogP contribution in [0.5, 0.6) is 0 Å². The van der Waals surface area contributed by atoms with Gasteiger partial charge in [-0.3, -0.25) is 4.79 Å². The smallest absolute Gasteiger partial charge is 0.305 e. The molecule has 0 spiro atoms. The summed E-state index contributed by atoms with van der Waals surface area (Å²) in [5.41, 5.74) is 0. The van der Waals surface area contributed by atoms with Gasteiger partial charge in [0.15, 0.2) is 0 Å². The zero-order valence-electron chi connectivity index (χ0n) is 7.38. The van der Waals surface area contributed by atoms with Gasteiger partial charge in [-0.05, 0) is 19.3 Å². The Morgan fingerprint density at radius 1 is 1.42 bits per heavy atom. The fourth-order valence-electron chi connectivity index (χ4n) is 0.765. The van der Waals surface area contributed by atoms with E-state index in [4.69, 9.17) is 0 Å². The normalized spacial score (nSPS) is 10.5. The second kappa shape index (κ2) is 9.03. The molecule has 0 aromatic carbocycles. The molecule has 12 heavy (non-hydrogen) atoms. The van der Waals surface area contributed by atoms with Gasteiger partial charge in [-0.1, -0.05) is 34.7 Å². The highest BCUT2D eigenvalue weighted by molar-refractivity contribution is 14.1. The molecular weight excluding hydrogens is 267 g/mol. The van der Waals surface area contributed by atoms with Crippen LogP contribution in [0.15, 0.2) is 12.2 Å². The van der Waals surface area contributed by atoms with Gasteiger partial charge in [-0.15, -0.1) is 0 Å². The highest BCUT2D eigenvalue weighted by Gasteiger charge is 1.96. The molecule has 2 nitrogen and oxygen atoms in total. The molecule has 0 bridgehead atoms. The van der Waals surface area contributed by atoms with E-state index in [1.54, 1.807) is 0 Å². The Balaban J connectivity index is 3.15. The maximum absolute atomic E-state index is 10.7. The molecule has 0 rings (SSSR count). The summed E-state index contributed by atoms with van der Waals surface area (Å²) < 4.78 is 5.67. The third kappa shape index (κ3) is 8.04. The number of rotatable bonds is 6. The van der Waals surface area contributed by atoms with Crippen molar-refractivity contribution in [1.29, 1.82) is 0 Å². The van der Waals surface area contributed by atoms with Gasteiger partial charge in [0.1, 0.15) is 0 Å². The largest absolute Gasteiger partial charge is 0.469 e. The number of carbonyl (C=O) groups is 1. The van der Waals surface area contributed by atoms with Crippen LogP contribution < -0.4 is 0 Å². The first kappa shape index (κ1) is 11.9. The van der Waals surface area contributed by atoms with Crippen LogP contribution in [0.4, 0.5) is 0 Å². The first-order valence-electron chi connectivity index (χ1n) is 4.09. The minimum Gasteiger partial charge on any atom is -0.469 e. The van der Waals surface area contributed by atoms with Crippen molar-refractivity contribution in [3.63, 3.8) is 0 Å². The molecule has 0 aliphatic rings. The third-order valence-electron chi connectivity index (χ3n) is 1.42. The Hall–Kier alpha value is -0.0600. The summed E-state index contributed by atoms with van der Waals surface area (Å²) in [6, 6.07) is 0. The number of unbranched alkanes of at least 4 members (excludes halogenated alkanes) is 1. The van der Waals surface area contributed by atoms with Gasteiger partial charge in [-0.25, -0.2) is 0 Å². The lowest BCUT2D eigenvalue weighted by Gasteiger charge is -1.95. The summed E-state index contributed by atoms with van der Waals surface area (Å²) in [5.74, 6) is -0.114. The number of allylic oxidation sites excluding steroid dienone is 2. The van der Waals surface area contributed by atoms with Gasteiger partial charge < -0.3 is 4.74 Å². The van der Waals surface area contributed by atoms with E-state index in [1.807, 2.05) is 0 Å². The molecule has 3 heteroatoms. The SMILES string of the molecule is COC(=O)CCC/C=C\CCI. The van der Waals surface area contributed by atoms with Crippen molar-refractivity contribution >= 4 is 28.6 Å². The van der Waals surface area contributed by atoms with Gasteiger partial charge in [0.25, 0.3) is 0 Å². The van der Waals surface area contributed by atoms with E-state index < -0.39 is 0 Å². The monoisotopic (exact) mass is 282 g/mol. The number of hydrogen-bond donors (Lipinski definition) is 0. The second-order valence-corrected chi connectivity index (χ2v) is 3.50. The lowest BCUT2D eigenvalue weighted by atomic mass is 10.2. The third-order valence-corrected chi connectivity index (χ3v) is 2.04. The molecule has 0 amide bonds. The Labute approximate surface area is 87.5 Å². The van der Waals surface area contributed by atoms with Crippen molar-refractivity contribution in [3.8, 4) is 0 Å². The Morgan fingerprint density at radius 3 is 2.67 bits per heavy atom. The van der Waals surface area contributed by atoms with Crippen LogP contribution in [0.3, 0.4) is 0 Å². The Bertz CT molecular complexity index is 143. The number of ether oxygens (including phenoxy) is 1. The minimum atomic E-state index is -0.114. The van der Waals surface area contributed by atoms with E-state index in [2.05, 4.69) is 39.5 Å². The maximum atomic E-state index is 10.7. The number of halogens is 1. The zero-order chi connectivity index (χ0) is 9.23. The standard InChI is InChI=1S/C9H15IO2/c1-12-9(11)7-5-3-2-4-6-8-10/h2,4H,3,5-8H2,1H3/b4-2-. The molecule has 0 radical (unpaired) electrons. The van der Waals surface area contributed by atoms with Crippen molar-refractivity contribution in [3.05, 3.63) is 12.2 Å². The number of alkyl halides is 1. The highest BCUT2D eigenvalue weighted by atomic mass is 127. The van der Waals surface area contributed by atoms with E-state index in [0.29, 0.717) is 6.42 Å². The second-order valence-electron chi connectivity index (χ2n) is 2.42. The van der Waals surface area contributed by atoms with E-state index in [0.717, 1.165) is 23.7 Å². The van der Waals surface area contributed by atoms with Crippen molar-refractivity contribution in [2.75, 3.05) is 11.5 Å². The lowest BCUT2D eigenvalue weighted by molar-refractivity contribution is -0.140. The van der Waals surface area contributed by atoms with Crippen molar-refractivity contribution < 1.29 is 9.53 Å². The van der Waals surface area contributed by atoms with E-state index >= 15 is 0 Å². The summed E-state index contributed by atoms with van der Waals surface area (Å²) >= 11 is 2.34. The molecule has 0 aliphatic carbocycles. The molecule has 0 fully saturated rings. The van der Waals surface area contributed by atoms with Crippen molar-refractivity contribution in [2.24, 2.45) is 0 Å². The van der Waals surface area contributed by atoms with Crippen LogP contribution in [-0.2, 0) is 9.53 Å². The molecule has 0 aliphatic heterocycles. The highest BCUT2D eigenvalue weighted by Crippen LogP contribution is 1.99. The average molecular weight is 282 g/mol. The van der Waals surface area contributed by atoms with Gasteiger partial charge in [0.05, 0.1) is 7.11 Å². The molecule has 0 saturated carbocycles. The summed E-state index contributed by atoms with van der Waals surface area (Å²) in [4.78, 5) is 10.7. The van der Waals surface area contributed by atoms with E-state index in [9.17, 15) is 4.79 Å². The van der Waals surface area contributed by atoms with Crippen LogP contribution in [0.2, 0.25) is 0 Å². The average Bonchev–Trinajstić information content (AvgIpc) is 2.10. The summed E-state index contributed by atoms with van der Waals surface area (Å²) in [6.45, 7) is 0. The van der Waals surface area contributed by atoms with Crippen LogP contribution >= 0.6 is 22.6 Å².